The van der Waals surface area contributed by atoms with Crippen molar-refractivity contribution in [2.24, 2.45) is 0 Å². The van der Waals surface area contributed by atoms with Crippen molar-refractivity contribution in [1.29, 1.82) is 0 Å². The first-order valence-electron chi connectivity index (χ1n) is 2.88. The van der Waals surface area contributed by atoms with Crippen molar-refractivity contribution in [1.82, 2.24) is 15.0 Å². The molecule has 2 aromatic heterocycles. The maximum Gasteiger partial charge on any atom is 2.00 e. The first-order valence-corrected chi connectivity index (χ1v) is 3.75. The first kappa shape index (κ1) is 11.2. The van der Waals surface area contributed by atoms with Crippen LogP contribution in [0, 0.1) is 11.7 Å². The Morgan fingerprint density at radius 3 is 2.08 bits per heavy atom. The number of rotatable bonds is 0. The Kier molecular flexibility index (Phi) is 7.75. The predicted molar refractivity (Wildman–Crippen MR) is 41.8 cm³/mol. The van der Waals surface area contributed by atoms with Gasteiger partial charge in [-0.3, -0.25) is 0 Å². The van der Waals surface area contributed by atoms with E-state index in [0.717, 1.165) is 0 Å². The zero-order chi connectivity index (χ0) is 7.78. The second kappa shape index (κ2) is 8.30. The van der Waals surface area contributed by atoms with E-state index in [2.05, 4.69) is 26.7 Å². The molecule has 3 nitrogen and oxygen atoms in total. The molecular weight excluding hydrogens is 217 g/mol. The zero-order valence-electron chi connectivity index (χ0n) is 5.95. The largest absolute Gasteiger partial charge is 2.00 e. The van der Waals surface area contributed by atoms with Crippen LogP contribution in [0.15, 0.2) is 30.2 Å². The fourth-order valence-electron chi connectivity index (χ4n) is 0.378. The van der Waals surface area contributed by atoms with Crippen LogP contribution in [0.25, 0.3) is 0 Å². The number of nitrogens with zero attached hydrogens (tertiary/aromatic N) is 3. The maximum absolute atomic E-state index is 3.53. The first-order chi connectivity index (χ1) is 5.50. The van der Waals surface area contributed by atoms with Gasteiger partial charge in [0.15, 0.2) is 0 Å². The summed E-state index contributed by atoms with van der Waals surface area (Å²) in [5, 5.41) is 4.89. The van der Waals surface area contributed by atoms with Gasteiger partial charge in [0, 0.05) is 19.0 Å². The Hall–Kier alpha value is -0.796. The van der Waals surface area contributed by atoms with Gasteiger partial charge in [0.2, 0.25) is 0 Å². The van der Waals surface area contributed by atoms with Gasteiger partial charge in [-0.25, -0.2) is 6.07 Å². The molecular formula is C7H5N3NiS. The quantitative estimate of drug-likeness (QED) is 0.496. The van der Waals surface area contributed by atoms with Crippen LogP contribution >= 0.6 is 11.3 Å². The molecule has 0 aliphatic rings. The number of thiophene rings is 1. The van der Waals surface area contributed by atoms with Gasteiger partial charge in [0.05, 0.1) is 0 Å². The van der Waals surface area contributed by atoms with Crippen LogP contribution < -0.4 is 0 Å². The fraction of sp³-hybridized carbons (Fsp3) is 0. The van der Waals surface area contributed by atoms with Gasteiger partial charge in [-0.2, -0.15) is 11.4 Å². The van der Waals surface area contributed by atoms with Gasteiger partial charge in [-0.1, -0.05) is 0 Å². The van der Waals surface area contributed by atoms with Crippen LogP contribution in [0.4, 0.5) is 0 Å². The third-order valence-electron chi connectivity index (χ3n) is 0.743. The van der Waals surface area contributed by atoms with Crippen LogP contribution in [-0.2, 0) is 16.5 Å². The van der Waals surface area contributed by atoms with E-state index in [4.69, 9.17) is 0 Å². The van der Waals surface area contributed by atoms with Crippen LogP contribution in [0.2, 0.25) is 0 Å². The van der Waals surface area contributed by atoms with E-state index < -0.39 is 0 Å². The summed E-state index contributed by atoms with van der Waals surface area (Å²) in [6, 6.07) is 3.86. The molecule has 0 bridgehead atoms. The normalized spacial score (nSPS) is 7.33. The minimum atomic E-state index is 0. The number of aromatic nitrogens is 3. The summed E-state index contributed by atoms with van der Waals surface area (Å²) < 4.78 is 0. The molecule has 0 N–H and O–H groups in total. The standard InChI is InChI=1S/C4H3S.C3H2N3.Ni/c1-2-4-5-3-1;1-4-2-6-3-5-1;/h1-3H;1-2H;/q2*-1;+2. The van der Waals surface area contributed by atoms with E-state index in [-0.39, 0.29) is 16.5 Å². The molecule has 0 saturated heterocycles. The minimum absolute atomic E-state index is 0. The zero-order valence-corrected chi connectivity index (χ0v) is 7.76. The van der Waals surface area contributed by atoms with Crippen molar-refractivity contribution in [3.63, 3.8) is 0 Å². The molecule has 0 spiro atoms. The summed E-state index contributed by atoms with van der Waals surface area (Å²) in [6.45, 7) is 0. The predicted octanol–water partition coefficient (Wildman–Crippen LogP) is 1.22. The average Bonchev–Trinajstić information content (AvgIpc) is 2.64. The van der Waals surface area contributed by atoms with Crippen molar-refractivity contribution < 1.29 is 16.5 Å². The molecule has 0 aromatic carbocycles. The van der Waals surface area contributed by atoms with Crippen molar-refractivity contribution in [3.05, 3.63) is 41.9 Å². The molecule has 5 heteroatoms. The third kappa shape index (κ3) is 5.95. The van der Waals surface area contributed by atoms with Crippen LogP contribution in [0.3, 0.4) is 0 Å². The van der Waals surface area contributed by atoms with Crippen molar-refractivity contribution in [2.45, 2.75) is 0 Å². The summed E-state index contributed by atoms with van der Waals surface area (Å²) in [7, 11) is 0. The number of hydrogen-bond donors (Lipinski definition) is 0. The Morgan fingerprint density at radius 1 is 1.17 bits per heavy atom. The summed E-state index contributed by atoms with van der Waals surface area (Å²) >= 11 is 1.59. The third-order valence-corrected chi connectivity index (χ3v) is 1.31. The van der Waals surface area contributed by atoms with Gasteiger partial charge in [-0.15, -0.1) is 5.38 Å². The molecule has 2 heterocycles. The minimum Gasteiger partial charge on any atom is -0.355 e. The summed E-state index contributed by atoms with van der Waals surface area (Å²) in [5.41, 5.74) is 0. The Bertz CT molecular complexity index is 204. The van der Waals surface area contributed by atoms with E-state index >= 15 is 0 Å². The molecule has 0 aliphatic carbocycles. The molecule has 2 rings (SSSR count). The smallest absolute Gasteiger partial charge is 0.355 e. The monoisotopic (exact) mass is 221 g/mol. The van der Waals surface area contributed by atoms with Gasteiger partial charge >= 0.3 is 16.5 Å². The molecule has 0 radical (unpaired) electrons. The molecule has 0 amide bonds. The molecule has 0 saturated carbocycles. The van der Waals surface area contributed by atoms with Crippen molar-refractivity contribution in [3.8, 4) is 0 Å². The van der Waals surface area contributed by atoms with Crippen LogP contribution in [-0.4, -0.2) is 15.0 Å². The van der Waals surface area contributed by atoms with E-state index in [1.165, 1.54) is 12.7 Å². The average molecular weight is 222 g/mol. The van der Waals surface area contributed by atoms with Crippen molar-refractivity contribution in [2.75, 3.05) is 0 Å². The van der Waals surface area contributed by atoms with Gasteiger partial charge in [0.25, 0.3) is 0 Å². The molecule has 12 heavy (non-hydrogen) atoms. The Labute approximate surface area is 84.8 Å². The van der Waals surface area contributed by atoms with Gasteiger partial charge in [0.1, 0.15) is 0 Å². The molecule has 2 aromatic rings. The second-order valence-corrected chi connectivity index (χ2v) is 2.21. The topological polar surface area (TPSA) is 38.7 Å². The van der Waals surface area contributed by atoms with Gasteiger partial charge in [-0.05, 0) is 0 Å². The summed E-state index contributed by atoms with van der Waals surface area (Å²) in [6.07, 6.45) is 5.09. The van der Waals surface area contributed by atoms with Crippen LogP contribution in [0.5, 0.6) is 0 Å². The molecule has 0 unspecified atom stereocenters. The van der Waals surface area contributed by atoms with E-state index in [1.54, 1.807) is 11.3 Å². The molecule has 0 aliphatic heterocycles. The van der Waals surface area contributed by atoms with E-state index in [0.29, 0.717) is 0 Å². The fourth-order valence-corrected chi connectivity index (χ4v) is 0.771. The molecule has 0 atom stereocenters. The Morgan fingerprint density at radius 2 is 1.92 bits per heavy atom. The second-order valence-electron chi connectivity index (χ2n) is 1.47. The molecule has 64 valence electrons. The van der Waals surface area contributed by atoms with Gasteiger partial charge < -0.3 is 26.3 Å². The Balaban J connectivity index is 0.000000189. The van der Waals surface area contributed by atoms with E-state index in [9.17, 15) is 0 Å². The van der Waals surface area contributed by atoms with Crippen LogP contribution in [0.1, 0.15) is 0 Å². The SMILES string of the molecule is [Ni+2].[c-]1cccs1.[c-]1ncncn1. The molecule has 0 fully saturated rings. The number of hydrogen-bond acceptors (Lipinski definition) is 4. The summed E-state index contributed by atoms with van der Waals surface area (Å²) in [5.74, 6) is 0. The summed E-state index contributed by atoms with van der Waals surface area (Å²) in [4.78, 5) is 10.4. The van der Waals surface area contributed by atoms with E-state index in [1.807, 2.05) is 17.5 Å². The van der Waals surface area contributed by atoms with Crippen molar-refractivity contribution >= 4 is 11.3 Å². The maximum atomic E-state index is 3.53.